The summed E-state index contributed by atoms with van der Waals surface area (Å²) in [6.07, 6.45) is 1.14. The van der Waals surface area contributed by atoms with E-state index in [1.165, 1.54) is 12.3 Å². The van der Waals surface area contributed by atoms with Gasteiger partial charge in [0, 0.05) is 25.2 Å². The van der Waals surface area contributed by atoms with Gasteiger partial charge in [0.25, 0.3) is 10.0 Å². The van der Waals surface area contributed by atoms with Crippen molar-refractivity contribution in [3.05, 3.63) is 29.8 Å². The Hall–Kier alpha value is -2.09. The molecular weight excluding hydrogens is 330 g/mol. The predicted molar refractivity (Wildman–Crippen MR) is 91.3 cm³/mol. The van der Waals surface area contributed by atoms with E-state index < -0.39 is 15.6 Å². The van der Waals surface area contributed by atoms with E-state index in [2.05, 4.69) is 9.93 Å². The molecule has 1 N–H and O–H groups in total. The molecule has 1 aromatic carbocycles. The number of likely N-dealkylation sites (tertiary alicyclic amines) is 1. The first-order chi connectivity index (χ1) is 11.1. The molecule has 132 valence electrons. The molecule has 1 aliphatic rings. The molecule has 1 aromatic rings. The van der Waals surface area contributed by atoms with E-state index in [9.17, 15) is 13.2 Å². The van der Waals surface area contributed by atoms with E-state index >= 15 is 0 Å². The van der Waals surface area contributed by atoms with Gasteiger partial charge in [-0.25, -0.2) is 9.63 Å². The van der Waals surface area contributed by atoms with E-state index in [1.54, 1.807) is 30.0 Å². The fourth-order valence-corrected chi connectivity index (χ4v) is 3.24. The zero-order chi connectivity index (χ0) is 18.0. The number of ether oxygens (including phenoxy) is 1. The quantitative estimate of drug-likeness (QED) is 0.663. The molecule has 0 unspecified atom stereocenters. The van der Waals surface area contributed by atoms with Crippen LogP contribution in [0.1, 0.15) is 26.3 Å². The summed E-state index contributed by atoms with van der Waals surface area (Å²) in [5.41, 5.74) is 0.124. The number of nitrogens with one attached hydrogen (secondary N) is 1. The number of rotatable bonds is 4. The molecule has 1 amide bonds. The average molecular weight is 353 g/mol. The number of carbonyl (C=O) groups excluding carboxylic acids is 1. The molecule has 0 aliphatic carbocycles. The monoisotopic (exact) mass is 353 g/mol. The van der Waals surface area contributed by atoms with Crippen molar-refractivity contribution < 1.29 is 17.9 Å². The molecule has 0 spiro atoms. The summed E-state index contributed by atoms with van der Waals surface area (Å²) in [5.74, 6) is 0.0112. The van der Waals surface area contributed by atoms with Crippen LogP contribution in [0.2, 0.25) is 0 Å². The molecule has 1 heterocycles. The summed E-state index contributed by atoms with van der Waals surface area (Å²) >= 11 is 0. The highest BCUT2D eigenvalue weighted by atomic mass is 32.2. The van der Waals surface area contributed by atoms with Crippen LogP contribution in [0.5, 0.6) is 0 Å². The van der Waals surface area contributed by atoms with Crippen LogP contribution in [0.4, 0.5) is 4.79 Å². The van der Waals surface area contributed by atoms with E-state index in [1.807, 2.05) is 20.8 Å². The second-order valence-corrected chi connectivity index (χ2v) is 8.41. The van der Waals surface area contributed by atoms with Crippen molar-refractivity contribution in [3.8, 4) is 0 Å². The number of hydrazone groups is 1. The third-order valence-corrected chi connectivity index (χ3v) is 4.79. The number of hydrogen-bond acceptors (Lipinski definition) is 5. The Labute approximate surface area is 142 Å². The molecule has 0 atom stereocenters. The lowest BCUT2D eigenvalue weighted by molar-refractivity contribution is 0.00734. The highest BCUT2D eigenvalue weighted by Crippen LogP contribution is 2.18. The van der Waals surface area contributed by atoms with E-state index in [-0.39, 0.29) is 16.9 Å². The Kier molecular flexibility index (Phi) is 5.17. The molecule has 0 bridgehead atoms. The van der Waals surface area contributed by atoms with Crippen LogP contribution in [0, 0.1) is 12.8 Å². The number of nitrogens with zero attached hydrogens (tertiary/aromatic N) is 2. The van der Waals surface area contributed by atoms with Crippen LogP contribution in [0.25, 0.3) is 0 Å². The molecule has 2 rings (SSSR count). The van der Waals surface area contributed by atoms with Gasteiger partial charge < -0.3 is 9.64 Å². The maximum absolute atomic E-state index is 12.2. The summed E-state index contributed by atoms with van der Waals surface area (Å²) in [6.45, 7) is 8.08. The number of hydrogen-bond donors (Lipinski definition) is 1. The first kappa shape index (κ1) is 18.3. The molecule has 0 radical (unpaired) electrons. The number of carbonyl (C=O) groups is 1. The van der Waals surface area contributed by atoms with Gasteiger partial charge in [0.2, 0.25) is 0 Å². The minimum Gasteiger partial charge on any atom is -0.444 e. The minimum atomic E-state index is -3.68. The van der Waals surface area contributed by atoms with Crippen molar-refractivity contribution in [3.63, 3.8) is 0 Å². The van der Waals surface area contributed by atoms with Crippen molar-refractivity contribution >= 4 is 22.3 Å². The van der Waals surface area contributed by atoms with Crippen molar-refractivity contribution in [2.75, 3.05) is 13.1 Å². The van der Waals surface area contributed by atoms with Crippen LogP contribution >= 0.6 is 0 Å². The van der Waals surface area contributed by atoms with Crippen molar-refractivity contribution in [2.45, 2.75) is 38.2 Å². The number of aryl methyl sites for hydroxylation is 1. The first-order valence-electron chi connectivity index (χ1n) is 7.67. The van der Waals surface area contributed by atoms with Crippen LogP contribution in [0.15, 0.2) is 34.3 Å². The second-order valence-electron chi connectivity index (χ2n) is 6.78. The highest BCUT2D eigenvalue weighted by molar-refractivity contribution is 7.89. The maximum Gasteiger partial charge on any atom is 0.410 e. The lowest BCUT2D eigenvalue weighted by Crippen LogP contribution is -2.52. The third-order valence-electron chi connectivity index (χ3n) is 3.40. The molecule has 1 aliphatic heterocycles. The predicted octanol–water partition coefficient (Wildman–Crippen LogP) is 2.13. The number of amides is 1. The zero-order valence-electron chi connectivity index (χ0n) is 14.3. The summed E-state index contributed by atoms with van der Waals surface area (Å²) in [4.78, 5) is 15.7. The van der Waals surface area contributed by atoms with Crippen molar-refractivity contribution in [1.29, 1.82) is 0 Å². The fourth-order valence-electron chi connectivity index (χ4n) is 2.19. The van der Waals surface area contributed by atoms with Gasteiger partial charge in [-0.2, -0.15) is 13.5 Å². The molecule has 24 heavy (non-hydrogen) atoms. The van der Waals surface area contributed by atoms with Crippen molar-refractivity contribution in [1.82, 2.24) is 9.73 Å². The van der Waals surface area contributed by atoms with Gasteiger partial charge >= 0.3 is 6.09 Å². The molecular formula is C16H23N3O4S. The standard InChI is InChI=1S/C16H23N3O4S/c1-12-7-5-6-8-14(12)24(21,22)18-17-9-13-10-19(11-13)15(20)23-16(2,3)4/h5-9,13,18H,10-11H2,1-4H3/b17-9+. The highest BCUT2D eigenvalue weighted by Gasteiger charge is 2.32. The Morgan fingerprint density at radius 1 is 1.33 bits per heavy atom. The maximum atomic E-state index is 12.2. The molecule has 7 nitrogen and oxygen atoms in total. The average Bonchev–Trinajstić information content (AvgIpc) is 2.39. The Morgan fingerprint density at radius 2 is 1.96 bits per heavy atom. The smallest absolute Gasteiger partial charge is 0.410 e. The lowest BCUT2D eigenvalue weighted by Gasteiger charge is -2.37. The molecule has 1 fully saturated rings. The summed E-state index contributed by atoms with van der Waals surface area (Å²) < 4.78 is 29.6. The van der Waals surface area contributed by atoms with E-state index in [0.717, 1.165) is 0 Å². The summed E-state index contributed by atoms with van der Waals surface area (Å²) in [5, 5.41) is 3.81. The van der Waals surface area contributed by atoms with E-state index in [0.29, 0.717) is 18.7 Å². The zero-order valence-corrected chi connectivity index (χ0v) is 15.1. The molecule has 8 heteroatoms. The lowest BCUT2D eigenvalue weighted by atomic mass is 10.0. The normalized spacial score (nSPS) is 16.1. The van der Waals surface area contributed by atoms with Gasteiger partial charge in [0.15, 0.2) is 0 Å². The Bertz CT molecular complexity index is 732. The summed E-state index contributed by atoms with van der Waals surface area (Å²) in [6, 6.07) is 6.69. The number of sulfonamides is 1. The second kappa shape index (κ2) is 6.80. The van der Waals surface area contributed by atoms with Crippen LogP contribution in [-0.4, -0.2) is 44.3 Å². The van der Waals surface area contributed by atoms with Crippen LogP contribution in [0.3, 0.4) is 0 Å². The SMILES string of the molecule is Cc1ccccc1S(=O)(=O)N/N=C/C1CN(C(=O)OC(C)(C)C)C1. The van der Waals surface area contributed by atoms with Crippen LogP contribution in [-0.2, 0) is 14.8 Å². The largest absolute Gasteiger partial charge is 0.444 e. The van der Waals surface area contributed by atoms with E-state index in [4.69, 9.17) is 4.74 Å². The van der Waals surface area contributed by atoms with Gasteiger partial charge in [0.05, 0.1) is 4.90 Å². The molecule has 1 saturated heterocycles. The van der Waals surface area contributed by atoms with Gasteiger partial charge in [-0.1, -0.05) is 18.2 Å². The fraction of sp³-hybridized carbons (Fsp3) is 0.500. The number of benzene rings is 1. The van der Waals surface area contributed by atoms with Gasteiger partial charge in [-0.15, -0.1) is 0 Å². The molecule has 0 aromatic heterocycles. The third kappa shape index (κ3) is 4.70. The Balaban J connectivity index is 1.84. The van der Waals surface area contributed by atoms with Crippen molar-refractivity contribution in [2.24, 2.45) is 11.0 Å². The minimum absolute atomic E-state index is 0.0112. The first-order valence-corrected chi connectivity index (χ1v) is 9.15. The topological polar surface area (TPSA) is 88.1 Å². The van der Waals surface area contributed by atoms with Crippen LogP contribution < -0.4 is 4.83 Å². The Morgan fingerprint density at radius 3 is 2.54 bits per heavy atom. The van der Waals surface area contributed by atoms with Gasteiger partial charge in [-0.3, -0.25) is 0 Å². The van der Waals surface area contributed by atoms with Gasteiger partial charge in [-0.05, 0) is 39.3 Å². The van der Waals surface area contributed by atoms with Gasteiger partial charge in [0.1, 0.15) is 5.60 Å². The molecule has 0 saturated carbocycles. The summed E-state index contributed by atoms with van der Waals surface area (Å²) in [7, 11) is -3.68.